The fourth-order valence-electron chi connectivity index (χ4n) is 2.97. The first-order chi connectivity index (χ1) is 9.16. The average molecular weight is 321 g/mol. The van der Waals surface area contributed by atoms with Gasteiger partial charge in [0.15, 0.2) is 0 Å². The van der Waals surface area contributed by atoms with Crippen molar-refractivity contribution in [2.45, 2.75) is 25.4 Å². The minimum Gasteiger partial charge on any atom is -0.386 e. The third kappa shape index (κ3) is 2.35. The highest BCUT2D eigenvalue weighted by Gasteiger charge is 2.29. The molecule has 1 aliphatic rings. The van der Waals surface area contributed by atoms with E-state index in [2.05, 4.69) is 45.3 Å². The molecule has 1 N–H and O–H groups in total. The van der Waals surface area contributed by atoms with Crippen LogP contribution in [0.4, 0.5) is 0 Å². The van der Waals surface area contributed by atoms with Gasteiger partial charge in [-0.3, -0.25) is 4.68 Å². The lowest BCUT2D eigenvalue weighted by Gasteiger charge is -2.28. The molecule has 19 heavy (non-hydrogen) atoms. The minimum absolute atomic E-state index is 0.265. The maximum atomic E-state index is 10.6. The molecule has 1 heterocycles. The third-order valence-electron chi connectivity index (χ3n) is 4.05. The molecule has 0 amide bonds. The fourth-order valence-corrected chi connectivity index (χ4v) is 3.55. The SMILES string of the molecule is Cn1ncc(Br)c1C(O)C1CCc2ccccc2C1. The van der Waals surface area contributed by atoms with Gasteiger partial charge >= 0.3 is 0 Å². The first kappa shape index (κ1) is 12.9. The number of fused-ring (bicyclic) bond motifs is 1. The molecule has 1 aromatic heterocycles. The summed E-state index contributed by atoms with van der Waals surface area (Å²) < 4.78 is 2.65. The summed E-state index contributed by atoms with van der Waals surface area (Å²) in [6.07, 6.45) is 4.29. The van der Waals surface area contributed by atoms with Gasteiger partial charge in [-0.25, -0.2) is 0 Å². The highest BCUT2D eigenvalue weighted by atomic mass is 79.9. The summed E-state index contributed by atoms with van der Waals surface area (Å²) in [4.78, 5) is 0. The molecule has 0 spiro atoms. The molecule has 1 aromatic carbocycles. The van der Waals surface area contributed by atoms with Crippen molar-refractivity contribution in [3.63, 3.8) is 0 Å². The van der Waals surface area contributed by atoms with Gasteiger partial charge in [-0.2, -0.15) is 5.10 Å². The van der Waals surface area contributed by atoms with E-state index in [1.165, 1.54) is 11.1 Å². The summed E-state index contributed by atoms with van der Waals surface area (Å²) >= 11 is 3.47. The summed E-state index contributed by atoms with van der Waals surface area (Å²) in [7, 11) is 1.88. The number of aromatic nitrogens is 2. The van der Waals surface area contributed by atoms with Gasteiger partial charge in [-0.15, -0.1) is 0 Å². The Morgan fingerprint density at radius 3 is 2.79 bits per heavy atom. The van der Waals surface area contributed by atoms with Gasteiger partial charge in [0, 0.05) is 7.05 Å². The smallest absolute Gasteiger partial charge is 0.0999 e. The quantitative estimate of drug-likeness (QED) is 0.923. The van der Waals surface area contributed by atoms with Crippen molar-refractivity contribution in [1.29, 1.82) is 0 Å². The van der Waals surface area contributed by atoms with E-state index in [1.54, 1.807) is 10.9 Å². The second-order valence-electron chi connectivity index (χ2n) is 5.22. The van der Waals surface area contributed by atoms with Crippen molar-refractivity contribution in [2.24, 2.45) is 13.0 Å². The molecule has 0 saturated carbocycles. The number of hydrogen-bond acceptors (Lipinski definition) is 2. The lowest BCUT2D eigenvalue weighted by atomic mass is 9.80. The summed E-state index contributed by atoms with van der Waals surface area (Å²) in [5.41, 5.74) is 3.68. The molecule has 2 atom stereocenters. The second kappa shape index (κ2) is 5.10. The number of benzene rings is 1. The van der Waals surface area contributed by atoms with Crippen LogP contribution in [0, 0.1) is 5.92 Å². The predicted molar refractivity (Wildman–Crippen MR) is 77.8 cm³/mol. The lowest BCUT2D eigenvalue weighted by molar-refractivity contribution is 0.0911. The molecule has 2 aromatic rings. The molecule has 0 fully saturated rings. The molecule has 3 rings (SSSR count). The number of hydrogen-bond donors (Lipinski definition) is 1. The monoisotopic (exact) mass is 320 g/mol. The van der Waals surface area contributed by atoms with Crippen molar-refractivity contribution in [2.75, 3.05) is 0 Å². The third-order valence-corrected chi connectivity index (χ3v) is 4.66. The van der Waals surface area contributed by atoms with Gasteiger partial charge in [0.25, 0.3) is 0 Å². The van der Waals surface area contributed by atoms with Gasteiger partial charge in [-0.05, 0) is 52.2 Å². The summed E-state index contributed by atoms with van der Waals surface area (Å²) in [6, 6.07) is 8.53. The van der Waals surface area contributed by atoms with E-state index >= 15 is 0 Å². The van der Waals surface area contributed by atoms with Crippen LogP contribution in [0.1, 0.15) is 29.3 Å². The molecule has 0 saturated heterocycles. The Morgan fingerprint density at radius 2 is 2.11 bits per heavy atom. The Labute approximate surface area is 121 Å². The van der Waals surface area contributed by atoms with Gasteiger partial charge < -0.3 is 5.11 Å². The zero-order chi connectivity index (χ0) is 13.4. The van der Waals surface area contributed by atoms with Gasteiger partial charge in [0.05, 0.1) is 22.5 Å². The van der Waals surface area contributed by atoms with Crippen molar-refractivity contribution >= 4 is 15.9 Å². The Bertz CT molecular complexity index is 574. The van der Waals surface area contributed by atoms with E-state index in [1.807, 2.05) is 7.05 Å². The molecule has 2 unspecified atom stereocenters. The van der Waals surface area contributed by atoms with E-state index in [0.717, 1.165) is 29.4 Å². The number of nitrogens with zero attached hydrogens (tertiary/aromatic N) is 2. The molecular formula is C15H17BrN2O. The van der Waals surface area contributed by atoms with E-state index in [4.69, 9.17) is 0 Å². The molecule has 0 aliphatic heterocycles. The topological polar surface area (TPSA) is 38.0 Å². The van der Waals surface area contributed by atoms with Crippen LogP contribution in [0.25, 0.3) is 0 Å². The predicted octanol–water partition coefficient (Wildman–Crippen LogP) is 3.02. The van der Waals surface area contributed by atoms with E-state index in [9.17, 15) is 5.11 Å². The summed E-state index contributed by atoms with van der Waals surface area (Å²) in [5, 5.41) is 14.8. The highest BCUT2D eigenvalue weighted by molar-refractivity contribution is 9.10. The standard InChI is InChI=1S/C15H17BrN2O/c1-18-14(13(16)9-17-18)15(19)12-7-6-10-4-2-3-5-11(10)8-12/h2-5,9,12,15,19H,6-8H2,1H3. The first-order valence-electron chi connectivity index (χ1n) is 6.59. The Kier molecular flexibility index (Phi) is 3.46. The van der Waals surface area contributed by atoms with E-state index in [0.29, 0.717) is 0 Å². The van der Waals surface area contributed by atoms with Crippen LogP contribution >= 0.6 is 15.9 Å². The fraction of sp³-hybridized carbons (Fsp3) is 0.400. The molecule has 0 bridgehead atoms. The zero-order valence-electron chi connectivity index (χ0n) is 10.9. The summed E-state index contributed by atoms with van der Waals surface area (Å²) in [5.74, 6) is 0.265. The lowest BCUT2D eigenvalue weighted by Crippen LogP contribution is -2.23. The molecule has 3 nitrogen and oxygen atoms in total. The Balaban J connectivity index is 1.85. The molecule has 1 aliphatic carbocycles. The average Bonchev–Trinajstić information content (AvgIpc) is 2.77. The number of aliphatic hydroxyl groups is 1. The largest absolute Gasteiger partial charge is 0.386 e. The zero-order valence-corrected chi connectivity index (χ0v) is 12.5. The van der Waals surface area contributed by atoms with Crippen LogP contribution in [-0.2, 0) is 19.9 Å². The van der Waals surface area contributed by atoms with Gasteiger partial charge in [-0.1, -0.05) is 24.3 Å². The molecular weight excluding hydrogens is 304 g/mol. The number of halogens is 1. The van der Waals surface area contributed by atoms with Gasteiger partial charge in [0.1, 0.15) is 0 Å². The van der Waals surface area contributed by atoms with Gasteiger partial charge in [0.2, 0.25) is 0 Å². The van der Waals surface area contributed by atoms with Crippen LogP contribution in [0.2, 0.25) is 0 Å². The van der Waals surface area contributed by atoms with Crippen molar-refractivity contribution < 1.29 is 5.11 Å². The molecule has 0 radical (unpaired) electrons. The Hall–Kier alpha value is -1.13. The summed E-state index contributed by atoms with van der Waals surface area (Å²) in [6.45, 7) is 0. The number of aliphatic hydroxyl groups excluding tert-OH is 1. The molecule has 100 valence electrons. The van der Waals surface area contributed by atoms with Crippen molar-refractivity contribution in [3.8, 4) is 0 Å². The minimum atomic E-state index is -0.463. The highest BCUT2D eigenvalue weighted by Crippen LogP contribution is 2.36. The maximum absolute atomic E-state index is 10.6. The van der Waals surface area contributed by atoms with E-state index in [-0.39, 0.29) is 5.92 Å². The van der Waals surface area contributed by atoms with Crippen LogP contribution in [0.15, 0.2) is 34.9 Å². The van der Waals surface area contributed by atoms with Crippen molar-refractivity contribution in [3.05, 3.63) is 51.8 Å². The number of rotatable bonds is 2. The van der Waals surface area contributed by atoms with Crippen LogP contribution in [0.3, 0.4) is 0 Å². The van der Waals surface area contributed by atoms with E-state index < -0.39 is 6.10 Å². The number of aryl methyl sites for hydroxylation is 2. The second-order valence-corrected chi connectivity index (χ2v) is 6.07. The van der Waals surface area contributed by atoms with Crippen LogP contribution in [-0.4, -0.2) is 14.9 Å². The van der Waals surface area contributed by atoms with Crippen LogP contribution in [0.5, 0.6) is 0 Å². The first-order valence-corrected chi connectivity index (χ1v) is 7.38. The Morgan fingerprint density at radius 1 is 1.37 bits per heavy atom. The van der Waals surface area contributed by atoms with Crippen LogP contribution < -0.4 is 0 Å². The maximum Gasteiger partial charge on any atom is 0.0999 e. The normalized spacial score (nSPS) is 20.1. The molecule has 4 heteroatoms. The van der Waals surface area contributed by atoms with Crippen molar-refractivity contribution in [1.82, 2.24) is 9.78 Å².